The number of anilines is 1. The Morgan fingerprint density at radius 1 is 1.26 bits per heavy atom. The molecule has 0 spiro atoms. The molecule has 0 fully saturated rings. The summed E-state index contributed by atoms with van der Waals surface area (Å²) >= 11 is 6.67. The topological polar surface area (TPSA) is 81.5 Å². The fourth-order valence-electron chi connectivity index (χ4n) is 1.79. The molecule has 0 radical (unpaired) electrons. The fourth-order valence-corrected chi connectivity index (χ4v) is 2.93. The first-order valence-corrected chi connectivity index (χ1v) is 8.13. The summed E-state index contributed by atoms with van der Waals surface area (Å²) in [6, 6.07) is 11.2. The summed E-state index contributed by atoms with van der Waals surface area (Å²) in [6.45, 7) is 1.57. The van der Waals surface area contributed by atoms with Crippen molar-refractivity contribution in [3.63, 3.8) is 0 Å². The lowest BCUT2D eigenvalue weighted by Crippen LogP contribution is -2.30. The molecule has 23 heavy (non-hydrogen) atoms. The maximum atomic E-state index is 12.2. The Balaban J connectivity index is 2.10. The zero-order valence-electron chi connectivity index (χ0n) is 12.0. The van der Waals surface area contributed by atoms with Crippen LogP contribution in [-0.4, -0.2) is 16.9 Å². The number of para-hydroxylation sites is 2. The molecule has 2 aromatic carbocycles. The Morgan fingerprint density at radius 2 is 1.96 bits per heavy atom. The first-order valence-electron chi connectivity index (χ1n) is 6.54. The highest BCUT2D eigenvalue weighted by atomic mass is 79.9. The van der Waals surface area contributed by atoms with Crippen LogP contribution in [0.25, 0.3) is 0 Å². The second-order valence-corrected chi connectivity index (χ2v) is 6.37. The van der Waals surface area contributed by atoms with Gasteiger partial charge in [0, 0.05) is 10.5 Å². The van der Waals surface area contributed by atoms with Gasteiger partial charge in [0.2, 0.25) is 0 Å². The predicted molar refractivity (Wildman–Crippen MR) is 93.7 cm³/mol. The highest BCUT2D eigenvalue weighted by Gasteiger charge is 2.20. The van der Waals surface area contributed by atoms with Crippen molar-refractivity contribution in [2.75, 3.05) is 5.32 Å². The molecule has 0 aliphatic heterocycles. The van der Waals surface area contributed by atoms with Crippen molar-refractivity contribution < 1.29 is 14.5 Å². The molecule has 0 heterocycles. The van der Waals surface area contributed by atoms with E-state index in [1.165, 1.54) is 18.2 Å². The maximum absolute atomic E-state index is 12.2. The standard InChI is InChI=1S/C15H12Br2N2O4/c1-9(23-14-7-6-10(16)8-11(14)17)15(20)18-12-4-2-3-5-13(12)19(21)22/h2-9H,1H3,(H,18,20)/t9-/m0/s1. The van der Waals surface area contributed by atoms with Crippen molar-refractivity contribution in [2.24, 2.45) is 0 Å². The van der Waals surface area contributed by atoms with Gasteiger partial charge in [-0.05, 0) is 47.1 Å². The number of carbonyl (C=O) groups is 1. The van der Waals surface area contributed by atoms with Gasteiger partial charge in [-0.1, -0.05) is 28.1 Å². The molecule has 0 unspecified atom stereocenters. The molecule has 0 aromatic heterocycles. The van der Waals surface area contributed by atoms with Crippen LogP contribution < -0.4 is 10.1 Å². The van der Waals surface area contributed by atoms with Gasteiger partial charge < -0.3 is 10.1 Å². The average molecular weight is 444 g/mol. The third-order valence-corrected chi connectivity index (χ3v) is 4.04. The van der Waals surface area contributed by atoms with E-state index >= 15 is 0 Å². The van der Waals surface area contributed by atoms with Gasteiger partial charge in [0.15, 0.2) is 6.10 Å². The molecule has 120 valence electrons. The lowest BCUT2D eigenvalue weighted by Gasteiger charge is -2.16. The SMILES string of the molecule is C[C@H](Oc1ccc(Br)cc1Br)C(=O)Nc1ccccc1[N+](=O)[O-]. The normalized spacial score (nSPS) is 11.6. The summed E-state index contributed by atoms with van der Waals surface area (Å²) in [4.78, 5) is 22.6. The van der Waals surface area contributed by atoms with Crippen LogP contribution in [0.1, 0.15) is 6.92 Å². The second-order valence-electron chi connectivity index (χ2n) is 4.60. The molecular formula is C15H12Br2N2O4. The lowest BCUT2D eigenvalue weighted by molar-refractivity contribution is -0.383. The van der Waals surface area contributed by atoms with Gasteiger partial charge in [0.05, 0.1) is 9.40 Å². The van der Waals surface area contributed by atoms with Gasteiger partial charge in [0.25, 0.3) is 11.6 Å². The van der Waals surface area contributed by atoms with Crippen LogP contribution in [0.15, 0.2) is 51.4 Å². The molecule has 0 bridgehead atoms. The smallest absolute Gasteiger partial charge is 0.292 e. The van der Waals surface area contributed by atoms with E-state index in [2.05, 4.69) is 37.2 Å². The first kappa shape index (κ1) is 17.4. The van der Waals surface area contributed by atoms with E-state index in [0.717, 1.165) is 4.47 Å². The maximum Gasteiger partial charge on any atom is 0.292 e. The number of carbonyl (C=O) groups excluding carboxylic acids is 1. The fraction of sp³-hybridized carbons (Fsp3) is 0.133. The molecule has 0 saturated heterocycles. The van der Waals surface area contributed by atoms with Crippen molar-refractivity contribution in [2.45, 2.75) is 13.0 Å². The van der Waals surface area contributed by atoms with Crippen molar-refractivity contribution in [1.82, 2.24) is 0 Å². The zero-order chi connectivity index (χ0) is 17.0. The number of benzene rings is 2. The molecule has 8 heteroatoms. The molecule has 2 aromatic rings. The molecule has 1 N–H and O–H groups in total. The van der Waals surface area contributed by atoms with Crippen LogP contribution in [-0.2, 0) is 4.79 Å². The molecular weight excluding hydrogens is 432 g/mol. The number of nitrogens with one attached hydrogen (secondary N) is 1. The number of halogens is 2. The van der Waals surface area contributed by atoms with E-state index in [1.807, 2.05) is 0 Å². The summed E-state index contributed by atoms with van der Waals surface area (Å²) < 4.78 is 7.15. The van der Waals surface area contributed by atoms with Crippen LogP contribution in [0.5, 0.6) is 5.75 Å². The van der Waals surface area contributed by atoms with E-state index in [9.17, 15) is 14.9 Å². The van der Waals surface area contributed by atoms with E-state index in [-0.39, 0.29) is 11.4 Å². The average Bonchev–Trinajstić information content (AvgIpc) is 2.50. The number of nitro groups is 1. The number of nitro benzene ring substituents is 1. The van der Waals surface area contributed by atoms with Crippen LogP contribution in [0, 0.1) is 10.1 Å². The van der Waals surface area contributed by atoms with Crippen molar-refractivity contribution in [3.8, 4) is 5.75 Å². The largest absolute Gasteiger partial charge is 0.480 e. The van der Waals surface area contributed by atoms with Crippen molar-refractivity contribution >= 4 is 49.1 Å². The third kappa shape index (κ3) is 4.52. The molecule has 0 saturated carbocycles. The Kier molecular flexibility index (Phi) is 5.73. The second kappa shape index (κ2) is 7.56. The molecule has 2 rings (SSSR count). The number of amides is 1. The Hall–Kier alpha value is -1.93. The highest BCUT2D eigenvalue weighted by Crippen LogP contribution is 2.29. The van der Waals surface area contributed by atoms with Crippen LogP contribution >= 0.6 is 31.9 Å². The first-order chi connectivity index (χ1) is 10.9. The predicted octanol–water partition coefficient (Wildman–Crippen LogP) is 4.53. The number of rotatable bonds is 5. The third-order valence-electron chi connectivity index (χ3n) is 2.93. The molecule has 1 amide bonds. The minimum Gasteiger partial charge on any atom is -0.480 e. The monoisotopic (exact) mass is 442 g/mol. The summed E-state index contributed by atoms with van der Waals surface area (Å²) in [7, 11) is 0. The Bertz CT molecular complexity index is 752. The van der Waals surface area contributed by atoms with Gasteiger partial charge in [-0.2, -0.15) is 0 Å². The number of nitrogens with zero attached hydrogens (tertiary/aromatic N) is 1. The highest BCUT2D eigenvalue weighted by molar-refractivity contribution is 9.11. The Labute approximate surface area is 149 Å². The van der Waals surface area contributed by atoms with Gasteiger partial charge in [0.1, 0.15) is 11.4 Å². The van der Waals surface area contributed by atoms with Gasteiger partial charge in [-0.25, -0.2) is 0 Å². The van der Waals surface area contributed by atoms with Gasteiger partial charge >= 0.3 is 0 Å². The molecule has 1 atom stereocenters. The zero-order valence-corrected chi connectivity index (χ0v) is 15.1. The summed E-state index contributed by atoms with van der Waals surface area (Å²) in [5.41, 5.74) is -0.0364. The van der Waals surface area contributed by atoms with Crippen LogP contribution in [0.4, 0.5) is 11.4 Å². The summed E-state index contributed by atoms with van der Waals surface area (Å²) in [5.74, 6) is 0.0209. The molecule has 0 aliphatic carbocycles. The van der Waals surface area contributed by atoms with E-state index in [0.29, 0.717) is 10.2 Å². The van der Waals surface area contributed by atoms with Crippen molar-refractivity contribution in [3.05, 3.63) is 61.5 Å². The van der Waals surface area contributed by atoms with Crippen LogP contribution in [0.3, 0.4) is 0 Å². The van der Waals surface area contributed by atoms with Gasteiger partial charge in [-0.3, -0.25) is 14.9 Å². The quantitative estimate of drug-likeness (QED) is 0.543. The van der Waals surface area contributed by atoms with E-state index in [4.69, 9.17) is 4.74 Å². The van der Waals surface area contributed by atoms with E-state index in [1.54, 1.807) is 31.2 Å². The minimum absolute atomic E-state index is 0.132. The van der Waals surface area contributed by atoms with Crippen molar-refractivity contribution in [1.29, 1.82) is 0 Å². The lowest BCUT2D eigenvalue weighted by atomic mass is 10.2. The summed E-state index contributed by atoms with van der Waals surface area (Å²) in [5, 5.41) is 13.5. The molecule has 0 aliphatic rings. The number of hydrogen-bond acceptors (Lipinski definition) is 4. The van der Waals surface area contributed by atoms with E-state index < -0.39 is 16.9 Å². The van der Waals surface area contributed by atoms with Crippen LogP contribution in [0.2, 0.25) is 0 Å². The Morgan fingerprint density at radius 3 is 2.61 bits per heavy atom. The number of hydrogen-bond donors (Lipinski definition) is 1. The van der Waals surface area contributed by atoms with Gasteiger partial charge in [-0.15, -0.1) is 0 Å². The minimum atomic E-state index is -0.827. The molecule has 6 nitrogen and oxygen atoms in total. The summed E-state index contributed by atoms with van der Waals surface area (Å²) in [6.07, 6.45) is -0.827. The number of ether oxygens (including phenoxy) is 1.